The minimum absolute atomic E-state index is 0.259. The Morgan fingerprint density at radius 2 is 1.95 bits per heavy atom. The molecular formula is C10H14N2O6S. The molecule has 1 heterocycles. The summed E-state index contributed by atoms with van der Waals surface area (Å²) in [6, 6.07) is 0. The number of rotatable bonds is 5. The van der Waals surface area contributed by atoms with Crippen LogP contribution in [0.2, 0.25) is 0 Å². The average molecular weight is 290 g/mol. The van der Waals surface area contributed by atoms with Gasteiger partial charge in [-0.15, -0.1) is 0 Å². The lowest BCUT2D eigenvalue weighted by atomic mass is 10.4. The van der Waals surface area contributed by atoms with E-state index in [2.05, 4.69) is 14.6 Å². The second-order valence-electron chi connectivity index (χ2n) is 3.65. The molecule has 0 spiro atoms. The number of hydrogen-bond acceptors (Lipinski definition) is 7. The Balaban J connectivity index is 3.07. The largest absolute Gasteiger partial charge is 0.469 e. The molecule has 0 aliphatic rings. The highest BCUT2D eigenvalue weighted by molar-refractivity contribution is 7.91. The molecule has 0 aliphatic carbocycles. The molecule has 106 valence electrons. The van der Waals surface area contributed by atoms with Gasteiger partial charge in [0, 0.05) is 13.2 Å². The van der Waals surface area contributed by atoms with E-state index in [9.17, 15) is 18.0 Å². The van der Waals surface area contributed by atoms with Crippen LogP contribution in [-0.4, -0.2) is 50.1 Å². The SMILES string of the molecule is COC(=O)CCS(=O)(=O)c1cn(C)nc1C(=O)OC. The first-order chi connectivity index (χ1) is 8.81. The Morgan fingerprint density at radius 3 is 2.47 bits per heavy atom. The van der Waals surface area contributed by atoms with Crippen molar-refractivity contribution in [3.63, 3.8) is 0 Å². The van der Waals surface area contributed by atoms with Crippen molar-refractivity contribution in [2.45, 2.75) is 11.3 Å². The van der Waals surface area contributed by atoms with Gasteiger partial charge in [0.25, 0.3) is 0 Å². The van der Waals surface area contributed by atoms with Crippen LogP contribution < -0.4 is 0 Å². The van der Waals surface area contributed by atoms with E-state index < -0.39 is 27.5 Å². The first-order valence-electron chi connectivity index (χ1n) is 5.23. The number of methoxy groups -OCH3 is 2. The predicted molar refractivity (Wildman–Crippen MR) is 63.2 cm³/mol. The van der Waals surface area contributed by atoms with Crippen molar-refractivity contribution < 1.29 is 27.5 Å². The maximum atomic E-state index is 12.0. The van der Waals surface area contributed by atoms with E-state index in [1.807, 2.05) is 0 Å². The maximum absolute atomic E-state index is 12.0. The van der Waals surface area contributed by atoms with Crippen LogP contribution in [0, 0.1) is 0 Å². The summed E-state index contributed by atoms with van der Waals surface area (Å²) in [6.45, 7) is 0. The molecule has 0 amide bonds. The third-order valence-corrected chi connectivity index (χ3v) is 4.02. The second kappa shape index (κ2) is 5.83. The second-order valence-corrected chi connectivity index (χ2v) is 5.73. The average Bonchev–Trinajstić information content (AvgIpc) is 2.78. The molecule has 1 rings (SSSR count). The molecule has 0 saturated heterocycles. The zero-order valence-electron chi connectivity index (χ0n) is 10.7. The molecule has 0 aliphatic heterocycles. The summed E-state index contributed by atoms with van der Waals surface area (Å²) in [4.78, 5) is 22.1. The topological polar surface area (TPSA) is 105 Å². The van der Waals surface area contributed by atoms with E-state index in [0.717, 1.165) is 7.11 Å². The van der Waals surface area contributed by atoms with Gasteiger partial charge < -0.3 is 9.47 Å². The van der Waals surface area contributed by atoms with Gasteiger partial charge in [-0.3, -0.25) is 9.48 Å². The van der Waals surface area contributed by atoms with Crippen LogP contribution in [-0.2, 0) is 31.2 Å². The van der Waals surface area contributed by atoms with Gasteiger partial charge in [-0.25, -0.2) is 13.2 Å². The van der Waals surface area contributed by atoms with Gasteiger partial charge in [0.2, 0.25) is 0 Å². The monoisotopic (exact) mass is 290 g/mol. The summed E-state index contributed by atoms with van der Waals surface area (Å²) in [6.07, 6.45) is 0.896. The summed E-state index contributed by atoms with van der Waals surface area (Å²) >= 11 is 0. The third-order valence-electron chi connectivity index (χ3n) is 2.31. The number of ether oxygens (including phenoxy) is 2. The van der Waals surface area contributed by atoms with Crippen LogP contribution in [0.1, 0.15) is 16.9 Å². The lowest BCUT2D eigenvalue weighted by molar-refractivity contribution is -0.140. The first-order valence-corrected chi connectivity index (χ1v) is 6.88. The number of carbonyl (C=O) groups is 2. The lowest BCUT2D eigenvalue weighted by Gasteiger charge is -2.03. The standard InChI is InChI=1S/C10H14N2O6S/c1-12-6-7(9(11-12)10(14)18-3)19(15,16)5-4-8(13)17-2/h6H,4-5H2,1-3H3. The Bertz CT molecular complexity index is 589. The molecule has 9 heteroatoms. The smallest absolute Gasteiger partial charge is 0.359 e. The van der Waals surface area contributed by atoms with Gasteiger partial charge in [-0.1, -0.05) is 0 Å². The van der Waals surface area contributed by atoms with Crippen LogP contribution >= 0.6 is 0 Å². The minimum Gasteiger partial charge on any atom is -0.469 e. The Labute approximate surface area is 110 Å². The zero-order chi connectivity index (χ0) is 14.6. The van der Waals surface area contributed by atoms with Crippen molar-refractivity contribution in [2.24, 2.45) is 7.05 Å². The zero-order valence-corrected chi connectivity index (χ0v) is 11.6. The molecule has 19 heavy (non-hydrogen) atoms. The number of esters is 2. The molecule has 1 aromatic rings. The molecule has 1 aromatic heterocycles. The molecule has 0 bridgehead atoms. The van der Waals surface area contributed by atoms with Crippen molar-refractivity contribution in [1.29, 1.82) is 0 Å². The number of carbonyl (C=O) groups excluding carboxylic acids is 2. The highest BCUT2D eigenvalue weighted by atomic mass is 32.2. The molecule has 8 nitrogen and oxygen atoms in total. The Morgan fingerprint density at radius 1 is 1.32 bits per heavy atom. The third kappa shape index (κ3) is 3.53. The quantitative estimate of drug-likeness (QED) is 0.676. The fourth-order valence-electron chi connectivity index (χ4n) is 1.36. The molecule has 0 atom stereocenters. The number of hydrogen-bond donors (Lipinski definition) is 0. The molecule has 0 aromatic carbocycles. The minimum atomic E-state index is -3.82. The summed E-state index contributed by atoms with van der Waals surface area (Å²) in [5.74, 6) is -1.96. The van der Waals surface area contributed by atoms with Crippen molar-refractivity contribution in [3.8, 4) is 0 Å². The summed E-state index contributed by atoms with van der Waals surface area (Å²) in [5, 5.41) is 3.74. The first kappa shape index (κ1) is 15.2. The molecule has 0 radical (unpaired) electrons. The van der Waals surface area contributed by atoms with Crippen LogP contribution in [0.3, 0.4) is 0 Å². The van der Waals surface area contributed by atoms with Crippen LogP contribution in [0.4, 0.5) is 0 Å². The Kier molecular flexibility index (Phi) is 4.65. The van der Waals surface area contributed by atoms with Crippen molar-refractivity contribution in [1.82, 2.24) is 9.78 Å². The fraction of sp³-hybridized carbons (Fsp3) is 0.500. The maximum Gasteiger partial charge on any atom is 0.359 e. The number of aryl methyl sites for hydroxylation is 1. The summed E-state index contributed by atoms with van der Waals surface area (Å²) in [5.41, 5.74) is -0.296. The molecule has 0 N–H and O–H groups in total. The summed E-state index contributed by atoms with van der Waals surface area (Å²) in [7, 11) is -0.0450. The van der Waals surface area contributed by atoms with Crippen molar-refractivity contribution in [2.75, 3.05) is 20.0 Å². The van der Waals surface area contributed by atoms with Crippen molar-refractivity contribution >= 4 is 21.8 Å². The van der Waals surface area contributed by atoms with Gasteiger partial charge in [0.05, 0.1) is 26.4 Å². The Hall–Kier alpha value is -1.90. The van der Waals surface area contributed by atoms with Gasteiger partial charge in [0.1, 0.15) is 4.90 Å². The number of aromatic nitrogens is 2. The number of nitrogens with zero attached hydrogens (tertiary/aromatic N) is 2. The fourth-order valence-corrected chi connectivity index (χ4v) is 2.75. The van der Waals surface area contributed by atoms with Gasteiger partial charge in [0.15, 0.2) is 15.5 Å². The summed E-state index contributed by atoms with van der Waals surface area (Å²) < 4.78 is 34.1. The van der Waals surface area contributed by atoms with Gasteiger partial charge in [-0.05, 0) is 0 Å². The van der Waals surface area contributed by atoms with Gasteiger partial charge >= 0.3 is 11.9 Å². The van der Waals surface area contributed by atoms with Gasteiger partial charge in [-0.2, -0.15) is 5.10 Å². The molecule has 0 unspecified atom stereocenters. The molecule has 0 saturated carbocycles. The highest BCUT2D eigenvalue weighted by Crippen LogP contribution is 2.17. The normalized spacial score (nSPS) is 11.1. The predicted octanol–water partition coefficient (Wildman–Crippen LogP) is -0.456. The van der Waals surface area contributed by atoms with Crippen LogP contribution in [0.15, 0.2) is 11.1 Å². The van der Waals surface area contributed by atoms with E-state index >= 15 is 0 Å². The number of sulfone groups is 1. The van der Waals surface area contributed by atoms with E-state index in [1.54, 1.807) is 0 Å². The van der Waals surface area contributed by atoms with E-state index in [4.69, 9.17) is 0 Å². The molecular weight excluding hydrogens is 276 g/mol. The van der Waals surface area contributed by atoms with Crippen LogP contribution in [0.25, 0.3) is 0 Å². The van der Waals surface area contributed by atoms with Crippen molar-refractivity contribution in [3.05, 3.63) is 11.9 Å². The van der Waals surface area contributed by atoms with E-state index in [-0.39, 0.29) is 17.0 Å². The van der Waals surface area contributed by atoms with E-state index in [0.29, 0.717) is 0 Å². The van der Waals surface area contributed by atoms with E-state index in [1.165, 1.54) is 25.0 Å². The van der Waals surface area contributed by atoms with Crippen LogP contribution in [0.5, 0.6) is 0 Å². The molecule has 0 fully saturated rings. The lowest BCUT2D eigenvalue weighted by Crippen LogP contribution is -2.15. The highest BCUT2D eigenvalue weighted by Gasteiger charge is 2.27.